The van der Waals surface area contributed by atoms with Crippen molar-refractivity contribution < 1.29 is 4.39 Å². The quantitative estimate of drug-likeness (QED) is 0.772. The molecule has 0 aliphatic heterocycles. The second-order valence-corrected chi connectivity index (χ2v) is 4.58. The molecule has 0 bridgehead atoms. The zero-order chi connectivity index (χ0) is 14.1. The van der Waals surface area contributed by atoms with Crippen LogP contribution in [-0.2, 0) is 6.42 Å². The summed E-state index contributed by atoms with van der Waals surface area (Å²) in [4.78, 5) is 8.92. The molecule has 0 fully saturated rings. The predicted octanol–water partition coefficient (Wildman–Crippen LogP) is 3.58. The Morgan fingerprint density at radius 2 is 2.05 bits per heavy atom. The molecule has 0 saturated heterocycles. The van der Waals surface area contributed by atoms with Crippen LogP contribution in [0.4, 0.5) is 10.1 Å². The summed E-state index contributed by atoms with van der Waals surface area (Å²) < 4.78 is 13.4. The SMILES string of the molecule is CCc1nc2ccc(F)cc2c(N)c1-c1ccccn1. The molecule has 3 rings (SSSR count). The Hall–Kier alpha value is -2.49. The largest absolute Gasteiger partial charge is 0.398 e. The third-order valence-electron chi connectivity index (χ3n) is 3.32. The van der Waals surface area contributed by atoms with Gasteiger partial charge in [0.25, 0.3) is 0 Å². The van der Waals surface area contributed by atoms with Crippen LogP contribution in [0, 0.1) is 5.82 Å². The summed E-state index contributed by atoms with van der Waals surface area (Å²) in [5.74, 6) is -0.317. The number of rotatable bonds is 2. The molecule has 3 aromatic rings. The summed E-state index contributed by atoms with van der Waals surface area (Å²) in [6, 6.07) is 10.1. The van der Waals surface area contributed by atoms with Gasteiger partial charge in [-0.2, -0.15) is 0 Å². The fourth-order valence-corrected chi connectivity index (χ4v) is 2.37. The first-order valence-electron chi connectivity index (χ1n) is 6.49. The zero-order valence-corrected chi connectivity index (χ0v) is 11.1. The lowest BCUT2D eigenvalue weighted by Gasteiger charge is -2.13. The molecule has 0 aliphatic rings. The van der Waals surface area contributed by atoms with Crippen LogP contribution >= 0.6 is 0 Å². The number of benzene rings is 1. The number of aromatic nitrogens is 2. The van der Waals surface area contributed by atoms with E-state index in [1.807, 2.05) is 25.1 Å². The summed E-state index contributed by atoms with van der Waals surface area (Å²) in [6.45, 7) is 2.02. The summed E-state index contributed by atoms with van der Waals surface area (Å²) in [7, 11) is 0. The van der Waals surface area contributed by atoms with Gasteiger partial charge in [0.05, 0.1) is 22.6 Å². The van der Waals surface area contributed by atoms with Crippen LogP contribution < -0.4 is 5.73 Å². The first kappa shape index (κ1) is 12.5. The van der Waals surface area contributed by atoms with Gasteiger partial charge in [0, 0.05) is 17.1 Å². The zero-order valence-electron chi connectivity index (χ0n) is 11.1. The maximum atomic E-state index is 13.4. The Morgan fingerprint density at radius 3 is 2.75 bits per heavy atom. The molecule has 0 aliphatic carbocycles. The van der Waals surface area contributed by atoms with Crippen molar-refractivity contribution >= 4 is 16.6 Å². The Bertz CT molecular complexity index is 770. The van der Waals surface area contributed by atoms with E-state index >= 15 is 0 Å². The van der Waals surface area contributed by atoms with Crippen LogP contribution in [0.3, 0.4) is 0 Å². The van der Waals surface area contributed by atoms with E-state index in [-0.39, 0.29) is 5.82 Å². The third-order valence-corrected chi connectivity index (χ3v) is 3.32. The van der Waals surface area contributed by atoms with E-state index in [9.17, 15) is 4.39 Å². The van der Waals surface area contributed by atoms with Crippen molar-refractivity contribution in [1.29, 1.82) is 0 Å². The molecule has 2 N–H and O–H groups in total. The Balaban J connectivity index is 2.38. The molecular weight excluding hydrogens is 253 g/mol. The first-order valence-corrected chi connectivity index (χ1v) is 6.49. The minimum Gasteiger partial charge on any atom is -0.398 e. The number of hydrogen-bond acceptors (Lipinski definition) is 3. The van der Waals surface area contributed by atoms with Gasteiger partial charge in [-0.25, -0.2) is 4.39 Å². The number of pyridine rings is 2. The normalized spacial score (nSPS) is 10.9. The minimum absolute atomic E-state index is 0.317. The molecule has 0 radical (unpaired) electrons. The van der Waals surface area contributed by atoms with Gasteiger partial charge in [-0.05, 0) is 36.8 Å². The first-order chi connectivity index (χ1) is 9.70. The van der Waals surface area contributed by atoms with E-state index in [2.05, 4.69) is 9.97 Å². The molecule has 0 amide bonds. The smallest absolute Gasteiger partial charge is 0.124 e. The van der Waals surface area contributed by atoms with Gasteiger partial charge < -0.3 is 5.73 Å². The van der Waals surface area contributed by atoms with Gasteiger partial charge in [0.1, 0.15) is 5.82 Å². The third kappa shape index (κ3) is 1.99. The molecular formula is C16H14FN3. The van der Waals surface area contributed by atoms with E-state index < -0.39 is 0 Å². The number of fused-ring (bicyclic) bond motifs is 1. The van der Waals surface area contributed by atoms with E-state index in [1.165, 1.54) is 12.1 Å². The molecule has 0 unspecified atom stereocenters. The molecule has 20 heavy (non-hydrogen) atoms. The number of aryl methyl sites for hydroxylation is 1. The van der Waals surface area contributed by atoms with Crippen molar-refractivity contribution in [1.82, 2.24) is 9.97 Å². The molecule has 0 atom stereocenters. The maximum absolute atomic E-state index is 13.4. The minimum atomic E-state index is -0.317. The summed E-state index contributed by atoms with van der Waals surface area (Å²) in [5, 5.41) is 0.628. The van der Waals surface area contributed by atoms with Crippen LogP contribution in [-0.4, -0.2) is 9.97 Å². The van der Waals surface area contributed by atoms with Crippen molar-refractivity contribution in [2.24, 2.45) is 0 Å². The number of anilines is 1. The van der Waals surface area contributed by atoms with Crippen molar-refractivity contribution in [2.75, 3.05) is 5.73 Å². The number of nitrogens with two attached hydrogens (primary N) is 1. The Kier molecular flexibility index (Phi) is 3.06. The Morgan fingerprint density at radius 1 is 1.20 bits per heavy atom. The molecule has 1 aromatic carbocycles. The van der Waals surface area contributed by atoms with E-state index in [4.69, 9.17) is 5.73 Å². The number of nitrogen functional groups attached to an aromatic ring is 1. The molecule has 100 valence electrons. The highest BCUT2D eigenvalue weighted by Gasteiger charge is 2.14. The maximum Gasteiger partial charge on any atom is 0.124 e. The lowest BCUT2D eigenvalue weighted by atomic mass is 10.0. The number of halogens is 1. The Labute approximate surface area is 116 Å². The highest BCUT2D eigenvalue weighted by Crippen LogP contribution is 2.33. The monoisotopic (exact) mass is 267 g/mol. The van der Waals surface area contributed by atoms with Crippen molar-refractivity contribution in [3.8, 4) is 11.3 Å². The lowest BCUT2D eigenvalue weighted by molar-refractivity contribution is 0.629. The average molecular weight is 267 g/mol. The van der Waals surface area contributed by atoms with Crippen molar-refractivity contribution in [3.05, 3.63) is 54.1 Å². The van der Waals surface area contributed by atoms with E-state index in [0.717, 1.165) is 23.4 Å². The van der Waals surface area contributed by atoms with Gasteiger partial charge >= 0.3 is 0 Å². The fourth-order valence-electron chi connectivity index (χ4n) is 2.37. The van der Waals surface area contributed by atoms with Gasteiger partial charge in [-0.15, -0.1) is 0 Å². The van der Waals surface area contributed by atoms with Crippen LogP contribution in [0.15, 0.2) is 42.6 Å². The molecule has 0 spiro atoms. The van der Waals surface area contributed by atoms with Gasteiger partial charge in [-0.1, -0.05) is 13.0 Å². The average Bonchev–Trinajstić information content (AvgIpc) is 2.48. The summed E-state index contributed by atoms with van der Waals surface area (Å²) in [5.41, 5.74) is 9.93. The van der Waals surface area contributed by atoms with Crippen molar-refractivity contribution in [2.45, 2.75) is 13.3 Å². The molecule has 2 aromatic heterocycles. The highest BCUT2D eigenvalue weighted by molar-refractivity contribution is 5.98. The lowest BCUT2D eigenvalue weighted by Crippen LogP contribution is -2.01. The number of nitrogens with zero attached hydrogens (tertiary/aromatic N) is 2. The van der Waals surface area contributed by atoms with E-state index in [1.54, 1.807) is 12.3 Å². The van der Waals surface area contributed by atoms with Gasteiger partial charge in [0.15, 0.2) is 0 Å². The molecule has 0 saturated carbocycles. The topological polar surface area (TPSA) is 51.8 Å². The van der Waals surface area contributed by atoms with Crippen LogP contribution in [0.25, 0.3) is 22.2 Å². The fraction of sp³-hybridized carbons (Fsp3) is 0.125. The highest BCUT2D eigenvalue weighted by atomic mass is 19.1. The van der Waals surface area contributed by atoms with Crippen molar-refractivity contribution in [3.63, 3.8) is 0 Å². The molecule has 4 heteroatoms. The van der Waals surface area contributed by atoms with E-state index in [0.29, 0.717) is 16.6 Å². The second kappa shape index (κ2) is 4.89. The predicted molar refractivity (Wildman–Crippen MR) is 78.7 cm³/mol. The van der Waals surface area contributed by atoms with Crippen LogP contribution in [0.2, 0.25) is 0 Å². The van der Waals surface area contributed by atoms with Crippen LogP contribution in [0.5, 0.6) is 0 Å². The summed E-state index contributed by atoms with van der Waals surface area (Å²) in [6.07, 6.45) is 2.45. The summed E-state index contributed by atoms with van der Waals surface area (Å²) >= 11 is 0. The van der Waals surface area contributed by atoms with Gasteiger partial charge in [-0.3, -0.25) is 9.97 Å². The van der Waals surface area contributed by atoms with Gasteiger partial charge in [0.2, 0.25) is 0 Å². The molecule has 3 nitrogen and oxygen atoms in total. The number of hydrogen-bond donors (Lipinski definition) is 1. The van der Waals surface area contributed by atoms with Crippen LogP contribution in [0.1, 0.15) is 12.6 Å². The standard InChI is InChI=1S/C16H14FN3/c1-2-12-15(14-5-3-4-8-19-14)16(18)11-9-10(17)6-7-13(11)20-12/h3-9H,2H2,1H3,(H2,18,20). The molecule has 2 heterocycles. The second-order valence-electron chi connectivity index (χ2n) is 4.58.